The van der Waals surface area contributed by atoms with Gasteiger partial charge in [0, 0.05) is 17.6 Å². The molecule has 2 aromatic rings. The maximum Gasteiger partial charge on any atom is 0.387 e. The van der Waals surface area contributed by atoms with Crippen molar-refractivity contribution in [3.63, 3.8) is 0 Å². The van der Waals surface area contributed by atoms with Crippen molar-refractivity contribution in [1.29, 1.82) is 0 Å². The molecule has 0 atom stereocenters. The van der Waals surface area contributed by atoms with E-state index in [1.165, 1.54) is 36.4 Å². The lowest BCUT2D eigenvalue weighted by Crippen LogP contribution is -2.23. The number of nitro groups is 1. The van der Waals surface area contributed by atoms with E-state index >= 15 is 0 Å². The largest absolute Gasteiger partial charge is 0.435 e. The van der Waals surface area contributed by atoms with E-state index in [1.54, 1.807) is 0 Å². The van der Waals surface area contributed by atoms with E-state index in [9.17, 15) is 23.7 Å². The maximum atomic E-state index is 12.1. The minimum absolute atomic E-state index is 0.00610. The first-order valence-electron chi connectivity index (χ1n) is 6.62. The van der Waals surface area contributed by atoms with E-state index in [1.807, 2.05) is 0 Å². The van der Waals surface area contributed by atoms with Gasteiger partial charge in [0.1, 0.15) is 11.3 Å². The molecule has 1 amide bonds. The molecule has 0 aliphatic heterocycles. The third-order valence-electron chi connectivity index (χ3n) is 3.00. The van der Waals surface area contributed by atoms with Crippen molar-refractivity contribution in [2.75, 3.05) is 0 Å². The van der Waals surface area contributed by atoms with Crippen LogP contribution >= 0.6 is 11.6 Å². The van der Waals surface area contributed by atoms with E-state index in [4.69, 9.17) is 11.6 Å². The summed E-state index contributed by atoms with van der Waals surface area (Å²) in [5.41, 5.74) is 0.0873. The van der Waals surface area contributed by atoms with Crippen LogP contribution in [0.5, 0.6) is 5.75 Å². The number of halogens is 3. The molecule has 2 aromatic carbocycles. The molecule has 0 aliphatic rings. The number of nitro benzene ring substituents is 1. The second kappa shape index (κ2) is 7.69. The molecule has 0 spiro atoms. The molecule has 0 saturated heterocycles. The molecular weight excluding hydrogens is 346 g/mol. The number of alkyl halides is 2. The molecule has 6 nitrogen and oxygen atoms in total. The lowest BCUT2D eigenvalue weighted by molar-refractivity contribution is -0.385. The summed E-state index contributed by atoms with van der Waals surface area (Å²) in [5, 5.41) is 13.6. The van der Waals surface area contributed by atoms with Crippen LogP contribution in [0.2, 0.25) is 5.02 Å². The molecule has 0 bridgehead atoms. The average Bonchev–Trinajstić information content (AvgIpc) is 2.53. The van der Waals surface area contributed by atoms with Gasteiger partial charge in [-0.25, -0.2) is 0 Å². The van der Waals surface area contributed by atoms with E-state index < -0.39 is 23.1 Å². The molecule has 24 heavy (non-hydrogen) atoms. The fourth-order valence-electron chi connectivity index (χ4n) is 1.91. The Morgan fingerprint density at radius 1 is 1.25 bits per heavy atom. The first-order chi connectivity index (χ1) is 11.4. The third kappa shape index (κ3) is 4.63. The molecule has 0 aromatic heterocycles. The van der Waals surface area contributed by atoms with E-state index in [-0.39, 0.29) is 22.9 Å². The molecule has 126 valence electrons. The van der Waals surface area contributed by atoms with Crippen molar-refractivity contribution in [3.8, 4) is 5.75 Å². The second-order valence-corrected chi connectivity index (χ2v) is 5.06. The van der Waals surface area contributed by atoms with E-state index in [2.05, 4.69) is 10.1 Å². The zero-order valence-electron chi connectivity index (χ0n) is 12.0. The SMILES string of the molecule is O=C(NCc1ccc(OC(F)F)cc1)c1ccc(Cl)cc1[N+](=O)[O-]. The fourth-order valence-corrected chi connectivity index (χ4v) is 2.08. The summed E-state index contributed by atoms with van der Waals surface area (Å²) in [5.74, 6) is -0.653. The summed E-state index contributed by atoms with van der Waals surface area (Å²) in [6.07, 6.45) is 0. The quantitative estimate of drug-likeness (QED) is 0.631. The first-order valence-corrected chi connectivity index (χ1v) is 7.00. The Bertz CT molecular complexity index is 754. The fraction of sp³-hybridized carbons (Fsp3) is 0.133. The van der Waals surface area contributed by atoms with Gasteiger partial charge in [0.05, 0.1) is 4.92 Å². The molecular formula is C15H11ClF2N2O4. The summed E-state index contributed by atoms with van der Waals surface area (Å²) in [4.78, 5) is 22.4. The molecule has 0 aliphatic carbocycles. The molecule has 0 unspecified atom stereocenters. The lowest BCUT2D eigenvalue weighted by Gasteiger charge is -2.08. The van der Waals surface area contributed by atoms with Gasteiger partial charge in [-0.1, -0.05) is 23.7 Å². The minimum atomic E-state index is -2.92. The van der Waals surface area contributed by atoms with Gasteiger partial charge in [0.2, 0.25) is 0 Å². The molecule has 9 heteroatoms. The van der Waals surface area contributed by atoms with Crippen molar-refractivity contribution in [2.24, 2.45) is 0 Å². The van der Waals surface area contributed by atoms with Gasteiger partial charge in [-0.05, 0) is 29.8 Å². The molecule has 0 heterocycles. The van der Waals surface area contributed by atoms with Crippen LogP contribution in [0.25, 0.3) is 0 Å². The second-order valence-electron chi connectivity index (χ2n) is 4.62. The van der Waals surface area contributed by atoms with Crippen molar-refractivity contribution < 1.29 is 23.2 Å². The summed E-state index contributed by atoms with van der Waals surface area (Å²) in [6.45, 7) is -2.85. The first kappa shape index (κ1) is 17.6. The van der Waals surface area contributed by atoms with Gasteiger partial charge in [-0.2, -0.15) is 8.78 Å². The van der Waals surface area contributed by atoms with Crippen molar-refractivity contribution in [2.45, 2.75) is 13.2 Å². The Morgan fingerprint density at radius 3 is 2.50 bits per heavy atom. The molecule has 0 fully saturated rings. The third-order valence-corrected chi connectivity index (χ3v) is 3.24. The number of carbonyl (C=O) groups is 1. The van der Waals surface area contributed by atoms with Crippen LogP contribution in [0.4, 0.5) is 14.5 Å². The predicted molar refractivity (Wildman–Crippen MR) is 82.4 cm³/mol. The maximum absolute atomic E-state index is 12.1. The normalized spacial score (nSPS) is 10.5. The summed E-state index contributed by atoms with van der Waals surface area (Å²) in [6, 6.07) is 9.38. The minimum Gasteiger partial charge on any atom is -0.435 e. The highest BCUT2D eigenvalue weighted by Gasteiger charge is 2.20. The van der Waals surface area contributed by atoms with Gasteiger partial charge >= 0.3 is 6.61 Å². The zero-order valence-corrected chi connectivity index (χ0v) is 12.8. The standard InChI is InChI=1S/C15H11ClF2N2O4/c16-10-3-6-12(13(7-10)20(22)23)14(21)19-8-9-1-4-11(5-2-9)24-15(17)18/h1-7,15H,8H2,(H,19,21). The number of rotatable bonds is 6. The average molecular weight is 357 g/mol. The van der Waals surface area contributed by atoms with Gasteiger partial charge in [-0.15, -0.1) is 0 Å². The Hall–Kier alpha value is -2.74. The number of nitrogens with one attached hydrogen (secondary N) is 1. The molecule has 0 saturated carbocycles. The topological polar surface area (TPSA) is 81.5 Å². The summed E-state index contributed by atoms with van der Waals surface area (Å²) < 4.78 is 28.3. The molecule has 0 radical (unpaired) electrons. The monoisotopic (exact) mass is 356 g/mol. The number of hydrogen-bond donors (Lipinski definition) is 1. The number of benzene rings is 2. The van der Waals surface area contributed by atoms with Crippen LogP contribution < -0.4 is 10.1 Å². The summed E-state index contributed by atoms with van der Waals surface area (Å²) in [7, 11) is 0. The number of hydrogen-bond acceptors (Lipinski definition) is 4. The Labute approximate surface area is 140 Å². The van der Waals surface area contributed by atoms with E-state index in [0.717, 1.165) is 6.07 Å². The smallest absolute Gasteiger partial charge is 0.387 e. The van der Waals surface area contributed by atoms with Crippen molar-refractivity contribution in [3.05, 3.63) is 68.7 Å². The van der Waals surface area contributed by atoms with Crippen LogP contribution in [-0.4, -0.2) is 17.4 Å². The van der Waals surface area contributed by atoms with Crippen molar-refractivity contribution >= 4 is 23.2 Å². The lowest BCUT2D eigenvalue weighted by atomic mass is 10.1. The van der Waals surface area contributed by atoms with Gasteiger partial charge in [0.25, 0.3) is 11.6 Å². The molecule has 2 rings (SSSR count). The number of ether oxygens (including phenoxy) is 1. The van der Waals surface area contributed by atoms with Crippen LogP contribution in [0.3, 0.4) is 0 Å². The highest BCUT2D eigenvalue weighted by molar-refractivity contribution is 6.31. The van der Waals surface area contributed by atoms with Crippen molar-refractivity contribution in [1.82, 2.24) is 5.32 Å². The zero-order chi connectivity index (χ0) is 17.7. The van der Waals surface area contributed by atoms with Crippen LogP contribution in [0.15, 0.2) is 42.5 Å². The summed E-state index contributed by atoms with van der Waals surface area (Å²) >= 11 is 5.69. The number of amides is 1. The predicted octanol–water partition coefficient (Wildman–Crippen LogP) is 3.78. The number of nitrogens with zero attached hydrogens (tertiary/aromatic N) is 1. The Morgan fingerprint density at radius 2 is 1.92 bits per heavy atom. The Balaban J connectivity index is 2.04. The van der Waals surface area contributed by atoms with Crippen LogP contribution in [0, 0.1) is 10.1 Å². The highest BCUT2D eigenvalue weighted by atomic mass is 35.5. The van der Waals surface area contributed by atoms with Crippen LogP contribution in [-0.2, 0) is 6.54 Å². The van der Waals surface area contributed by atoms with Gasteiger partial charge in [0.15, 0.2) is 0 Å². The number of carbonyl (C=O) groups excluding carboxylic acids is 1. The van der Waals surface area contributed by atoms with Gasteiger partial charge in [-0.3, -0.25) is 14.9 Å². The molecule has 1 N–H and O–H groups in total. The highest BCUT2D eigenvalue weighted by Crippen LogP contribution is 2.23. The Kier molecular flexibility index (Phi) is 5.64. The van der Waals surface area contributed by atoms with Gasteiger partial charge < -0.3 is 10.1 Å². The van der Waals surface area contributed by atoms with Crippen LogP contribution in [0.1, 0.15) is 15.9 Å². The van der Waals surface area contributed by atoms with E-state index in [0.29, 0.717) is 5.56 Å².